The van der Waals surface area contributed by atoms with Gasteiger partial charge in [0.15, 0.2) is 0 Å². The molecule has 2 nitrogen and oxygen atoms in total. The van der Waals surface area contributed by atoms with Crippen molar-refractivity contribution >= 4 is 15.9 Å². The first kappa shape index (κ1) is 8.89. The van der Waals surface area contributed by atoms with Gasteiger partial charge in [-0.1, -0.05) is 28.1 Å². The lowest BCUT2D eigenvalue weighted by molar-refractivity contribution is 0.351. The molecule has 2 fully saturated rings. The van der Waals surface area contributed by atoms with Crippen molar-refractivity contribution in [2.75, 3.05) is 6.54 Å². The average molecular weight is 253 g/mol. The Labute approximate surface area is 92.6 Å². The first-order valence-corrected chi connectivity index (χ1v) is 5.87. The molecule has 2 aliphatic heterocycles. The molecule has 14 heavy (non-hydrogen) atoms. The topological polar surface area (TPSA) is 6.02 Å². The van der Waals surface area contributed by atoms with Gasteiger partial charge in [0.25, 0.3) is 0 Å². The Morgan fingerprint density at radius 1 is 1.29 bits per heavy atom. The van der Waals surface area contributed by atoms with Gasteiger partial charge in [-0.3, -0.25) is 0 Å². The van der Waals surface area contributed by atoms with Crippen LogP contribution in [-0.4, -0.2) is 22.6 Å². The van der Waals surface area contributed by atoms with Gasteiger partial charge in [-0.15, -0.1) is 0 Å². The van der Waals surface area contributed by atoms with Crippen LogP contribution in [0.5, 0.6) is 0 Å². The maximum Gasteiger partial charge on any atom is 0.115 e. The summed E-state index contributed by atoms with van der Waals surface area (Å²) >= 11 is 3.46. The average Bonchev–Trinajstić information content (AvgIpc) is 2.79. The van der Waals surface area contributed by atoms with Crippen LogP contribution in [-0.2, 0) is 0 Å². The van der Waals surface area contributed by atoms with Gasteiger partial charge in [0.2, 0.25) is 0 Å². The van der Waals surface area contributed by atoms with E-state index in [2.05, 4.69) is 57.1 Å². The molecule has 1 aromatic carbocycles. The Morgan fingerprint density at radius 3 is 2.57 bits per heavy atom. The molecule has 0 saturated carbocycles. The second-order valence-corrected chi connectivity index (χ2v) is 5.02. The fourth-order valence-corrected chi connectivity index (χ4v) is 2.63. The molecular weight excluding hydrogens is 240 g/mol. The molecule has 1 aromatic rings. The molecule has 0 aliphatic carbocycles. The van der Waals surface area contributed by atoms with Crippen LogP contribution in [0, 0.1) is 0 Å². The van der Waals surface area contributed by atoms with Gasteiger partial charge in [0.05, 0.1) is 0 Å². The molecule has 0 amide bonds. The summed E-state index contributed by atoms with van der Waals surface area (Å²) in [6, 6.07) is 9.38. The fourth-order valence-electron chi connectivity index (χ4n) is 2.36. The lowest BCUT2D eigenvalue weighted by Gasteiger charge is -2.06. The maximum atomic E-state index is 3.46. The Bertz CT molecular complexity index is 349. The summed E-state index contributed by atoms with van der Waals surface area (Å²) in [5.74, 6) is 0. The summed E-state index contributed by atoms with van der Waals surface area (Å²) in [4.78, 5) is 0. The molecule has 0 spiro atoms. The SMILES string of the molecule is CC1CCN2C(c3ccc(Br)cc3)N12. The molecule has 2 saturated heterocycles. The zero-order chi connectivity index (χ0) is 9.71. The summed E-state index contributed by atoms with van der Waals surface area (Å²) < 4.78 is 1.16. The molecule has 2 heterocycles. The third-order valence-electron chi connectivity index (χ3n) is 3.17. The van der Waals surface area contributed by atoms with Crippen LogP contribution >= 0.6 is 15.9 Å². The van der Waals surface area contributed by atoms with E-state index in [-0.39, 0.29) is 0 Å². The highest BCUT2D eigenvalue weighted by Gasteiger charge is 2.52. The van der Waals surface area contributed by atoms with E-state index in [1.807, 2.05) is 0 Å². The second-order valence-electron chi connectivity index (χ2n) is 4.11. The second kappa shape index (κ2) is 3.05. The Kier molecular flexibility index (Phi) is 1.94. The standard InChI is InChI=1S/C11H13BrN2/c1-8-6-7-13-11(14(8)13)9-2-4-10(12)5-3-9/h2-5,8,11H,6-7H2,1H3. The first-order valence-electron chi connectivity index (χ1n) is 5.08. The zero-order valence-corrected chi connectivity index (χ0v) is 9.74. The number of hydrogen-bond acceptors (Lipinski definition) is 2. The molecule has 74 valence electrons. The Hall–Kier alpha value is -0.380. The summed E-state index contributed by atoms with van der Waals surface area (Å²) in [5, 5.41) is 4.93. The number of rotatable bonds is 1. The summed E-state index contributed by atoms with van der Waals surface area (Å²) in [7, 11) is 0. The largest absolute Gasteiger partial charge is 0.217 e. The van der Waals surface area contributed by atoms with Crippen molar-refractivity contribution in [3.8, 4) is 0 Å². The molecule has 4 atom stereocenters. The third kappa shape index (κ3) is 1.23. The van der Waals surface area contributed by atoms with E-state index < -0.39 is 0 Å². The van der Waals surface area contributed by atoms with Crippen LogP contribution in [0.15, 0.2) is 28.7 Å². The molecule has 0 bridgehead atoms. The van der Waals surface area contributed by atoms with Gasteiger partial charge in [-0.2, -0.15) is 0 Å². The van der Waals surface area contributed by atoms with E-state index in [9.17, 15) is 0 Å². The summed E-state index contributed by atoms with van der Waals surface area (Å²) in [5.41, 5.74) is 1.42. The van der Waals surface area contributed by atoms with Gasteiger partial charge in [0.1, 0.15) is 6.17 Å². The third-order valence-corrected chi connectivity index (χ3v) is 3.70. The lowest BCUT2D eigenvalue weighted by Crippen LogP contribution is -2.10. The predicted octanol–water partition coefficient (Wildman–Crippen LogP) is 2.77. The number of hydrazine groups is 1. The monoisotopic (exact) mass is 252 g/mol. The molecule has 3 rings (SSSR count). The van der Waals surface area contributed by atoms with Crippen molar-refractivity contribution in [1.82, 2.24) is 10.0 Å². The van der Waals surface area contributed by atoms with Crippen LogP contribution in [0.3, 0.4) is 0 Å². The van der Waals surface area contributed by atoms with Gasteiger partial charge in [0, 0.05) is 17.1 Å². The predicted molar refractivity (Wildman–Crippen MR) is 59.5 cm³/mol. The molecule has 4 unspecified atom stereocenters. The number of hydrogen-bond donors (Lipinski definition) is 0. The van der Waals surface area contributed by atoms with E-state index in [4.69, 9.17) is 0 Å². The highest BCUT2D eigenvalue weighted by atomic mass is 79.9. The molecule has 3 heteroatoms. The molecule has 2 aliphatic rings. The minimum Gasteiger partial charge on any atom is -0.217 e. The van der Waals surface area contributed by atoms with Gasteiger partial charge >= 0.3 is 0 Å². The van der Waals surface area contributed by atoms with E-state index in [1.165, 1.54) is 18.5 Å². The van der Waals surface area contributed by atoms with Crippen molar-refractivity contribution in [1.29, 1.82) is 0 Å². The van der Waals surface area contributed by atoms with Gasteiger partial charge in [-0.25, -0.2) is 10.0 Å². The van der Waals surface area contributed by atoms with Crippen LogP contribution in [0.25, 0.3) is 0 Å². The van der Waals surface area contributed by atoms with Gasteiger partial charge in [-0.05, 0) is 31.0 Å². The van der Waals surface area contributed by atoms with E-state index in [0.717, 1.165) is 10.5 Å². The highest BCUT2D eigenvalue weighted by molar-refractivity contribution is 9.10. The molecular formula is C11H13BrN2. The number of nitrogens with zero attached hydrogens (tertiary/aromatic N) is 2. The van der Waals surface area contributed by atoms with Gasteiger partial charge < -0.3 is 0 Å². The first-order chi connectivity index (χ1) is 6.77. The molecule has 0 aromatic heterocycles. The van der Waals surface area contributed by atoms with Crippen LogP contribution in [0.1, 0.15) is 25.1 Å². The smallest absolute Gasteiger partial charge is 0.115 e. The highest BCUT2D eigenvalue weighted by Crippen LogP contribution is 2.48. The van der Waals surface area contributed by atoms with Crippen molar-refractivity contribution < 1.29 is 0 Å². The minimum atomic E-state index is 0.562. The number of halogens is 1. The van der Waals surface area contributed by atoms with Crippen molar-refractivity contribution in [2.24, 2.45) is 0 Å². The quantitative estimate of drug-likeness (QED) is 0.710. The summed E-state index contributed by atoms with van der Waals surface area (Å²) in [6.45, 7) is 3.53. The van der Waals surface area contributed by atoms with Crippen molar-refractivity contribution in [3.05, 3.63) is 34.3 Å². The molecule has 0 N–H and O–H groups in total. The van der Waals surface area contributed by atoms with E-state index in [1.54, 1.807) is 0 Å². The Balaban J connectivity index is 1.83. The van der Waals surface area contributed by atoms with E-state index >= 15 is 0 Å². The van der Waals surface area contributed by atoms with Crippen LogP contribution in [0.4, 0.5) is 0 Å². The van der Waals surface area contributed by atoms with Crippen LogP contribution < -0.4 is 0 Å². The molecule has 0 radical (unpaired) electrons. The number of benzene rings is 1. The summed E-state index contributed by atoms with van der Waals surface area (Å²) in [6.07, 6.45) is 1.87. The maximum absolute atomic E-state index is 3.46. The van der Waals surface area contributed by atoms with Crippen molar-refractivity contribution in [2.45, 2.75) is 25.6 Å². The minimum absolute atomic E-state index is 0.562. The van der Waals surface area contributed by atoms with E-state index in [0.29, 0.717) is 6.17 Å². The number of fused-ring (bicyclic) bond motifs is 1. The Morgan fingerprint density at radius 2 is 2.00 bits per heavy atom. The fraction of sp³-hybridized carbons (Fsp3) is 0.455. The lowest BCUT2D eigenvalue weighted by atomic mass is 10.1. The normalized spacial score (nSPS) is 39.6. The van der Waals surface area contributed by atoms with Crippen molar-refractivity contribution in [3.63, 3.8) is 0 Å². The van der Waals surface area contributed by atoms with Crippen LogP contribution in [0.2, 0.25) is 0 Å². The zero-order valence-electron chi connectivity index (χ0n) is 8.15.